The van der Waals surface area contributed by atoms with Crippen LogP contribution in [0.15, 0.2) is 58.6 Å². The maximum Gasteiger partial charge on any atom is 0.326 e. The minimum Gasteiger partial charge on any atom is -0.454 e. The predicted molar refractivity (Wildman–Crippen MR) is 116 cm³/mol. The number of ether oxygens (including phenoxy) is 1. The van der Waals surface area contributed by atoms with E-state index in [-0.39, 0.29) is 25.1 Å². The van der Waals surface area contributed by atoms with Crippen molar-refractivity contribution < 1.29 is 14.3 Å². The lowest BCUT2D eigenvalue weighted by molar-refractivity contribution is -0.151. The molecule has 154 valence electrons. The molecule has 1 aliphatic rings. The molecular formula is C20H19N5O3S2. The van der Waals surface area contributed by atoms with E-state index in [1.165, 1.54) is 5.01 Å². The third-order valence-corrected chi connectivity index (χ3v) is 6.35. The van der Waals surface area contributed by atoms with Gasteiger partial charge in [-0.05, 0) is 29.0 Å². The summed E-state index contributed by atoms with van der Waals surface area (Å²) >= 11 is 3.17. The number of thiophene rings is 2. The van der Waals surface area contributed by atoms with E-state index in [9.17, 15) is 9.59 Å². The minimum absolute atomic E-state index is 0.0602. The number of aromatic nitrogens is 2. The number of carbonyl (C=O) groups is 2. The first kappa shape index (κ1) is 20.2. The van der Waals surface area contributed by atoms with E-state index in [0.717, 1.165) is 15.5 Å². The zero-order chi connectivity index (χ0) is 20.9. The first-order valence-electron chi connectivity index (χ1n) is 9.22. The molecule has 4 heterocycles. The zero-order valence-electron chi connectivity index (χ0n) is 16.2. The Morgan fingerprint density at radius 1 is 1.17 bits per heavy atom. The van der Waals surface area contributed by atoms with Crippen molar-refractivity contribution in [2.75, 3.05) is 25.1 Å². The zero-order valence-corrected chi connectivity index (χ0v) is 17.8. The molecule has 0 radical (unpaired) electrons. The van der Waals surface area contributed by atoms with Gasteiger partial charge in [-0.3, -0.25) is 9.59 Å². The summed E-state index contributed by atoms with van der Waals surface area (Å²) in [7, 11) is 1.68. The van der Waals surface area contributed by atoms with E-state index in [1.54, 1.807) is 53.1 Å². The summed E-state index contributed by atoms with van der Waals surface area (Å²) in [6.07, 6.45) is 3.82. The Labute approximate surface area is 181 Å². The van der Waals surface area contributed by atoms with Gasteiger partial charge in [0.25, 0.3) is 5.91 Å². The standard InChI is InChI=1S/C20H19N5O3S2/c1-24(20-21-7-4-8-22-20)12-19(27)28-13-18(26)25-15(17-6-3-10-30-17)11-14(23-25)16-5-2-9-29-16/h2-10,15H,11-13H2,1H3/t15-/m1/s1. The molecule has 0 bridgehead atoms. The maximum absolute atomic E-state index is 12.8. The number of hydrogen-bond donors (Lipinski definition) is 0. The second-order valence-electron chi connectivity index (χ2n) is 6.56. The highest BCUT2D eigenvalue weighted by Crippen LogP contribution is 2.35. The first-order valence-corrected chi connectivity index (χ1v) is 11.0. The molecule has 0 saturated heterocycles. The molecule has 3 aromatic heterocycles. The lowest BCUT2D eigenvalue weighted by Gasteiger charge is -2.21. The van der Waals surface area contributed by atoms with Crippen LogP contribution in [0.5, 0.6) is 0 Å². The highest BCUT2D eigenvalue weighted by atomic mass is 32.1. The summed E-state index contributed by atoms with van der Waals surface area (Å²) < 4.78 is 5.21. The average Bonchev–Trinajstić information content (AvgIpc) is 3.53. The maximum atomic E-state index is 12.8. The van der Waals surface area contributed by atoms with E-state index in [4.69, 9.17) is 4.74 Å². The Bertz CT molecular complexity index is 1020. The number of anilines is 1. The van der Waals surface area contributed by atoms with Crippen molar-refractivity contribution in [2.45, 2.75) is 12.5 Å². The molecule has 1 amide bonds. The van der Waals surface area contributed by atoms with Gasteiger partial charge in [-0.25, -0.2) is 15.0 Å². The molecular weight excluding hydrogens is 422 g/mol. The molecule has 30 heavy (non-hydrogen) atoms. The number of nitrogens with zero attached hydrogens (tertiary/aromatic N) is 5. The fraction of sp³-hybridized carbons (Fsp3) is 0.250. The third kappa shape index (κ3) is 4.55. The largest absolute Gasteiger partial charge is 0.454 e. The van der Waals surface area contributed by atoms with Crippen molar-refractivity contribution in [2.24, 2.45) is 5.10 Å². The summed E-state index contributed by atoms with van der Waals surface area (Å²) in [6, 6.07) is 9.40. The van der Waals surface area contributed by atoms with E-state index in [0.29, 0.717) is 12.4 Å². The van der Waals surface area contributed by atoms with Crippen LogP contribution in [0.2, 0.25) is 0 Å². The smallest absolute Gasteiger partial charge is 0.326 e. The van der Waals surface area contributed by atoms with Gasteiger partial charge in [0, 0.05) is 30.7 Å². The van der Waals surface area contributed by atoms with Crippen LogP contribution in [0.1, 0.15) is 22.2 Å². The molecule has 10 heteroatoms. The summed E-state index contributed by atoms with van der Waals surface area (Å²) in [6.45, 7) is -0.430. The molecule has 4 rings (SSSR count). The molecule has 0 aliphatic carbocycles. The van der Waals surface area contributed by atoms with Crippen LogP contribution in [0.3, 0.4) is 0 Å². The van der Waals surface area contributed by atoms with Gasteiger partial charge < -0.3 is 9.64 Å². The van der Waals surface area contributed by atoms with Gasteiger partial charge in [0.05, 0.1) is 16.6 Å². The predicted octanol–water partition coefficient (Wildman–Crippen LogP) is 2.96. The van der Waals surface area contributed by atoms with Crippen LogP contribution in [-0.2, 0) is 14.3 Å². The summed E-state index contributed by atoms with van der Waals surface area (Å²) in [5, 5.41) is 9.95. The molecule has 1 atom stereocenters. The molecule has 8 nitrogen and oxygen atoms in total. The monoisotopic (exact) mass is 441 g/mol. The average molecular weight is 442 g/mol. The van der Waals surface area contributed by atoms with E-state index in [1.807, 2.05) is 35.0 Å². The number of esters is 1. The van der Waals surface area contributed by atoms with Crippen molar-refractivity contribution in [3.8, 4) is 0 Å². The summed E-state index contributed by atoms with van der Waals surface area (Å²) in [4.78, 5) is 36.8. The Morgan fingerprint density at radius 3 is 2.63 bits per heavy atom. The van der Waals surface area contributed by atoms with Crippen molar-refractivity contribution in [3.05, 3.63) is 63.2 Å². The SMILES string of the molecule is CN(CC(=O)OCC(=O)N1N=C(c2cccs2)C[C@@H]1c1cccs1)c1ncccn1. The van der Waals surface area contributed by atoms with Crippen molar-refractivity contribution in [1.29, 1.82) is 0 Å². The van der Waals surface area contributed by atoms with Gasteiger partial charge in [0.2, 0.25) is 5.95 Å². The molecule has 0 spiro atoms. The van der Waals surface area contributed by atoms with Gasteiger partial charge in [0.1, 0.15) is 6.54 Å². The van der Waals surface area contributed by atoms with Gasteiger partial charge >= 0.3 is 5.97 Å². The lowest BCUT2D eigenvalue weighted by atomic mass is 10.1. The summed E-state index contributed by atoms with van der Waals surface area (Å²) in [5.74, 6) is -0.483. The molecule has 3 aromatic rings. The fourth-order valence-electron chi connectivity index (χ4n) is 3.04. The minimum atomic E-state index is -0.535. The Morgan fingerprint density at radius 2 is 1.93 bits per heavy atom. The van der Waals surface area contributed by atoms with Crippen LogP contribution in [0.25, 0.3) is 0 Å². The molecule has 0 N–H and O–H groups in total. The first-order chi connectivity index (χ1) is 14.6. The number of rotatable bonds is 7. The van der Waals surface area contributed by atoms with E-state index >= 15 is 0 Å². The topological polar surface area (TPSA) is 88.0 Å². The molecule has 1 aliphatic heterocycles. The van der Waals surface area contributed by atoms with E-state index < -0.39 is 5.97 Å². The molecule has 0 unspecified atom stereocenters. The van der Waals surface area contributed by atoms with Gasteiger partial charge in [-0.1, -0.05) is 12.1 Å². The Kier molecular flexibility index (Phi) is 6.15. The van der Waals surface area contributed by atoms with Crippen molar-refractivity contribution >= 4 is 46.2 Å². The second kappa shape index (κ2) is 9.14. The highest BCUT2D eigenvalue weighted by Gasteiger charge is 2.34. The van der Waals surface area contributed by atoms with E-state index in [2.05, 4.69) is 15.1 Å². The Hall–Kier alpha value is -3.11. The molecule has 0 fully saturated rings. The van der Waals surface area contributed by atoms with Crippen molar-refractivity contribution in [3.63, 3.8) is 0 Å². The van der Waals surface area contributed by atoms with Gasteiger partial charge in [-0.15, -0.1) is 22.7 Å². The fourth-order valence-corrected chi connectivity index (χ4v) is 4.57. The van der Waals surface area contributed by atoms with Crippen LogP contribution < -0.4 is 4.90 Å². The lowest BCUT2D eigenvalue weighted by Crippen LogP contribution is -2.34. The number of carbonyl (C=O) groups excluding carboxylic acids is 2. The number of hydrogen-bond acceptors (Lipinski definition) is 9. The number of hydrazone groups is 1. The van der Waals surface area contributed by atoms with Gasteiger partial charge in [-0.2, -0.15) is 5.10 Å². The van der Waals surface area contributed by atoms with Crippen LogP contribution >= 0.6 is 22.7 Å². The normalized spacial score (nSPS) is 15.7. The van der Waals surface area contributed by atoms with Crippen LogP contribution in [0, 0.1) is 0 Å². The van der Waals surface area contributed by atoms with Gasteiger partial charge in [0.15, 0.2) is 6.61 Å². The molecule has 0 aromatic carbocycles. The van der Waals surface area contributed by atoms with Crippen LogP contribution in [-0.4, -0.2) is 52.8 Å². The number of amides is 1. The quantitative estimate of drug-likeness (QED) is 0.524. The van der Waals surface area contributed by atoms with Crippen LogP contribution in [0.4, 0.5) is 5.95 Å². The third-order valence-electron chi connectivity index (χ3n) is 4.46. The molecule has 0 saturated carbocycles. The van der Waals surface area contributed by atoms with Crippen molar-refractivity contribution in [1.82, 2.24) is 15.0 Å². The number of likely N-dealkylation sites (N-methyl/N-ethyl adjacent to an activating group) is 1. The highest BCUT2D eigenvalue weighted by molar-refractivity contribution is 7.12. The summed E-state index contributed by atoms with van der Waals surface area (Å²) in [5.41, 5.74) is 0.865. The second-order valence-corrected chi connectivity index (χ2v) is 8.49. The Balaban J connectivity index is 1.39.